The van der Waals surface area contributed by atoms with Gasteiger partial charge in [0.1, 0.15) is 0 Å². The Morgan fingerprint density at radius 1 is 0.500 bits per heavy atom. The minimum atomic E-state index is 0.149. The van der Waals surface area contributed by atoms with Gasteiger partial charge >= 0.3 is 12.1 Å². The number of nitrogens with zero attached hydrogens (tertiary/aromatic N) is 4. The van der Waals surface area contributed by atoms with Gasteiger partial charge in [-0.15, -0.1) is 0 Å². The van der Waals surface area contributed by atoms with Crippen molar-refractivity contribution in [2.24, 2.45) is 0 Å². The summed E-state index contributed by atoms with van der Waals surface area (Å²) >= 11 is 0. The van der Waals surface area contributed by atoms with Gasteiger partial charge in [-0.3, -0.25) is 0 Å². The van der Waals surface area contributed by atoms with E-state index in [-0.39, 0.29) is 12.1 Å². The fourth-order valence-corrected chi connectivity index (χ4v) is 3.00. The lowest BCUT2D eigenvalue weighted by atomic mass is 10.2. The van der Waals surface area contributed by atoms with Gasteiger partial charge in [0.2, 0.25) is 0 Å². The molecule has 3 saturated heterocycles. The molecule has 18 heavy (non-hydrogen) atoms. The van der Waals surface area contributed by atoms with Crippen molar-refractivity contribution in [2.45, 2.75) is 12.8 Å². The van der Waals surface area contributed by atoms with Crippen LogP contribution in [0.1, 0.15) is 12.8 Å². The predicted octanol–water partition coefficient (Wildman–Crippen LogP) is 0.255. The van der Waals surface area contributed by atoms with Crippen LogP contribution in [0.25, 0.3) is 0 Å². The zero-order chi connectivity index (χ0) is 12.5. The molecule has 100 valence electrons. The molecule has 0 radical (unpaired) electrons. The van der Waals surface area contributed by atoms with E-state index in [1.165, 1.54) is 0 Å². The van der Waals surface area contributed by atoms with Crippen molar-refractivity contribution in [2.75, 3.05) is 52.4 Å². The molecule has 0 aromatic heterocycles. The molecule has 6 heteroatoms. The number of hydrogen-bond donors (Lipinski definition) is 0. The van der Waals surface area contributed by atoms with E-state index in [1.807, 2.05) is 19.6 Å². The van der Waals surface area contributed by atoms with Crippen molar-refractivity contribution < 1.29 is 9.59 Å². The average molecular weight is 252 g/mol. The number of carbonyl (C=O) groups excluding carboxylic acids is 2. The lowest BCUT2D eigenvalue weighted by Gasteiger charge is -2.42. The van der Waals surface area contributed by atoms with E-state index in [0.29, 0.717) is 26.2 Å². The van der Waals surface area contributed by atoms with Crippen LogP contribution in [-0.4, -0.2) is 84.0 Å². The number of rotatable bonds is 0. The first-order valence-corrected chi connectivity index (χ1v) is 6.83. The van der Waals surface area contributed by atoms with E-state index < -0.39 is 0 Å². The molecule has 0 aliphatic carbocycles. The van der Waals surface area contributed by atoms with E-state index >= 15 is 0 Å². The molecule has 3 aliphatic rings. The molecule has 3 fully saturated rings. The summed E-state index contributed by atoms with van der Waals surface area (Å²) < 4.78 is 0. The van der Waals surface area contributed by atoms with E-state index in [0.717, 1.165) is 39.0 Å². The highest BCUT2D eigenvalue weighted by Gasteiger charge is 2.31. The Bertz CT molecular complexity index is 298. The average Bonchev–Trinajstić information content (AvgIpc) is 2.38. The first kappa shape index (κ1) is 11.6. The molecule has 0 spiro atoms. The fourth-order valence-electron chi connectivity index (χ4n) is 3.00. The zero-order valence-corrected chi connectivity index (χ0v) is 10.7. The quantitative estimate of drug-likeness (QED) is 0.620. The first-order valence-electron chi connectivity index (χ1n) is 6.83. The van der Waals surface area contributed by atoms with Crippen molar-refractivity contribution in [3.63, 3.8) is 0 Å². The molecule has 0 N–H and O–H groups in total. The molecule has 3 heterocycles. The monoisotopic (exact) mass is 252 g/mol. The first-order chi connectivity index (χ1) is 8.75. The van der Waals surface area contributed by atoms with Gasteiger partial charge in [-0.2, -0.15) is 0 Å². The van der Waals surface area contributed by atoms with Crippen molar-refractivity contribution >= 4 is 12.1 Å². The number of fused-ring (bicyclic) bond motifs is 4. The Kier molecular flexibility index (Phi) is 3.01. The predicted molar refractivity (Wildman–Crippen MR) is 66.3 cm³/mol. The molecule has 4 amide bonds. The third-order valence-corrected chi connectivity index (χ3v) is 4.07. The molecular formula is C12H20N4O2. The topological polar surface area (TPSA) is 47.1 Å². The Morgan fingerprint density at radius 2 is 0.778 bits per heavy atom. The van der Waals surface area contributed by atoms with Gasteiger partial charge in [0, 0.05) is 52.4 Å². The molecule has 4 bridgehead atoms. The minimum absolute atomic E-state index is 0.149. The van der Waals surface area contributed by atoms with Crippen LogP contribution in [0.5, 0.6) is 0 Å². The maximum atomic E-state index is 12.2. The molecule has 3 rings (SSSR count). The summed E-state index contributed by atoms with van der Waals surface area (Å²) in [4.78, 5) is 31.9. The largest absolute Gasteiger partial charge is 0.323 e. The summed E-state index contributed by atoms with van der Waals surface area (Å²) in [6, 6.07) is 0.298. The zero-order valence-electron chi connectivity index (χ0n) is 10.7. The number of urea groups is 2. The number of hydrogen-bond acceptors (Lipinski definition) is 2. The normalized spacial score (nSPS) is 25.6. The minimum Gasteiger partial charge on any atom is -0.323 e. The summed E-state index contributed by atoms with van der Waals surface area (Å²) in [5.41, 5.74) is 0. The molecule has 0 saturated carbocycles. The number of amides is 4. The highest BCUT2D eigenvalue weighted by molar-refractivity contribution is 5.77. The van der Waals surface area contributed by atoms with E-state index in [1.54, 1.807) is 0 Å². The summed E-state index contributed by atoms with van der Waals surface area (Å²) in [5.74, 6) is 0. The van der Waals surface area contributed by atoms with Gasteiger partial charge in [0.15, 0.2) is 0 Å². The summed E-state index contributed by atoms with van der Waals surface area (Å²) in [6.45, 7) is 6.04. The molecule has 6 nitrogen and oxygen atoms in total. The Balaban J connectivity index is 1.78. The highest BCUT2D eigenvalue weighted by Crippen LogP contribution is 2.15. The van der Waals surface area contributed by atoms with Crippen LogP contribution in [0.15, 0.2) is 0 Å². The van der Waals surface area contributed by atoms with Gasteiger partial charge in [-0.25, -0.2) is 9.59 Å². The van der Waals surface area contributed by atoms with Crippen molar-refractivity contribution in [3.8, 4) is 0 Å². The summed E-state index contributed by atoms with van der Waals surface area (Å²) in [6.07, 6.45) is 2.08. The van der Waals surface area contributed by atoms with Gasteiger partial charge in [-0.1, -0.05) is 0 Å². The second-order valence-corrected chi connectivity index (χ2v) is 5.22. The van der Waals surface area contributed by atoms with Crippen LogP contribution in [0, 0.1) is 0 Å². The SMILES string of the molecule is O=C1N2CCCN1CCN1CCCN(CC2)C1=O. The molecule has 0 aromatic carbocycles. The van der Waals surface area contributed by atoms with Crippen molar-refractivity contribution in [1.82, 2.24) is 19.6 Å². The van der Waals surface area contributed by atoms with Crippen molar-refractivity contribution in [3.05, 3.63) is 0 Å². The Labute approximate surface area is 107 Å². The molecular weight excluding hydrogens is 232 g/mol. The third kappa shape index (κ3) is 2.00. The van der Waals surface area contributed by atoms with E-state index in [4.69, 9.17) is 0 Å². The van der Waals surface area contributed by atoms with Gasteiger partial charge < -0.3 is 19.6 Å². The van der Waals surface area contributed by atoms with Crippen molar-refractivity contribution in [1.29, 1.82) is 0 Å². The summed E-state index contributed by atoms with van der Waals surface area (Å²) in [7, 11) is 0. The second-order valence-electron chi connectivity index (χ2n) is 5.22. The second kappa shape index (κ2) is 4.66. The molecule has 0 unspecified atom stereocenters. The molecule has 3 aliphatic heterocycles. The number of carbonyl (C=O) groups is 2. The van der Waals surface area contributed by atoms with Crippen LogP contribution in [0.3, 0.4) is 0 Å². The Morgan fingerprint density at radius 3 is 1.06 bits per heavy atom. The summed E-state index contributed by atoms with van der Waals surface area (Å²) in [5, 5.41) is 0. The van der Waals surface area contributed by atoms with Gasteiger partial charge in [-0.05, 0) is 12.8 Å². The van der Waals surface area contributed by atoms with Crippen LogP contribution in [-0.2, 0) is 0 Å². The van der Waals surface area contributed by atoms with E-state index in [9.17, 15) is 9.59 Å². The van der Waals surface area contributed by atoms with Crippen LogP contribution in [0.4, 0.5) is 9.59 Å². The maximum absolute atomic E-state index is 12.2. The van der Waals surface area contributed by atoms with Crippen LogP contribution >= 0.6 is 0 Å². The van der Waals surface area contributed by atoms with Gasteiger partial charge in [0.05, 0.1) is 0 Å². The Hall–Kier alpha value is -1.46. The standard InChI is InChI=1S/C12H20N4O2/c17-11-13-3-1-4-14(11)8-10-16-6-2-5-15(9-7-13)12(16)18/h1-10H2. The third-order valence-electron chi connectivity index (χ3n) is 4.07. The van der Waals surface area contributed by atoms with Crippen LogP contribution < -0.4 is 0 Å². The fraction of sp³-hybridized carbons (Fsp3) is 0.833. The molecule has 0 atom stereocenters. The van der Waals surface area contributed by atoms with Crippen LogP contribution in [0.2, 0.25) is 0 Å². The van der Waals surface area contributed by atoms with E-state index in [2.05, 4.69) is 0 Å². The smallest absolute Gasteiger partial charge is 0.320 e. The van der Waals surface area contributed by atoms with Gasteiger partial charge in [0.25, 0.3) is 0 Å². The molecule has 0 aromatic rings. The lowest BCUT2D eigenvalue weighted by Crippen LogP contribution is -2.58. The maximum Gasteiger partial charge on any atom is 0.320 e. The lowest BCUT2D eigenvalue weighted by molar-refractivity contribution is 0.0861. The highest BCUT2D eigenvalue weighted by atomic mass is 16.2.